The Morgan fingerprint density at radius 1 is 1.23 bits per heavy atom. The Morgan fingerprint density at radius 3 is 2.68 bits per heavy atom. The summed E-state index contributed by atoms with van der Waals surface area (Å²) in [5, 5.41) is 15.0. The van der Waals surface area contributed by atoms with E-state index in [9.17, 15) is 5.11 Å². The Bertz CT molecular complexity index is 576. The molecule has 120 valence electrons. The van der Waals surface area contributed by atoms with Crippen LogP contribution in [-0.2, 0) is 13.2 Å². The summed E-state index contributed by atoms with van der Waals surface area (Å²) in [5.74, 6) is 1.46. The van der Waals surface area contributed by atoms with Gasteiger partial charge in [-0.3, -0.25) is 0 Å². The van der Waals surface area contributed by atoms with Crippen LogP contribution in [0.5, 0.6) is 11.5 Å². The fraction of sp³-hybridized carbons (Fsp3) is 0.412. The lowest BCUT2D eigenvalue weighted by molar-refractivity contribution is 0.0795. The van der Waals surface area contributed by atoms with Crippen molar-refractivity contribution in [3.8, 4) is 11.5 Å². The molecule has 1 heterocycles. The molecular weight excluding hydrogens is 298 g/mol. The molecule has 5 heteroatoms. The normalized spacial score (nSPS) is 11.5. The third kappa shape index (κ3) is 5.33. The van der Waals surface area contributed by atoms with Crippen LogP contribution in [0.1, 0.15) is 24.3 Å². The van der Waals surface area contributed by atoms with Crippen LogP contribution >= 0.6 is 11.3 Å². The molecule has 0 radical (unpaired) electrons. The summed E-state index contributed by atoms with van der Waals surface area (Å²) in [4.78, 5) is 1.18. The first kappa shape index (κ1) is 16.8. The van der Waals surface area contributed by atoms with Gasteiger partial charge in [-0.15, -0.1) is 11.3 Å². The van der Waals surface area contributed by atoms with E-state index in [2.05, 4.69) is 5.32 Å². The number of benzene rings is 1. The Balaban J connectivity index is 1.95. The van der Waals surface area contributed by atoms with Crippen molar-refractivity contribution in [2.24, 2.45) is 0 Å². The predicted octanol–water partition coefficient (Wildman–Crippen LogP) is 3.20. The molecule has 0 saturated heterocycles. The van der Waals surface area contributed by atoms with Gasteiger partial charge in [-0.25, -0.2) is 0 Å². The maximum atomic E-state index is 9.69. The fourth-order valence-corrected chi connectivity index (χ4v) is 2.61. The number of hydrogen-bond donors (Lipinski definition) is 2. The molecule has 22 heavy (non-hydrogen) atoms. The van der Waals surface area contributed by atoms with Crippen molar-refractivity contribution in [2.45, 2.75) is 32.6 Å². The molecule has 0 amide bonds. The highest BCUT2D eigenvalue weighted by Gasteiger charge is 2.12. The first-order valence-electron chi connectivity index (χ1n) is 7.23. The van der Waals surface area contributed by atoms with Crippen LogP contribution in [-0.4, -0.2) is 24.4 Å². The molecule has 0 aliphatic carbocycles. The SMILES string of the molecule is COc1cc(CNCC(C)(C)O)ccc1OCc1cccs1. The fourth-order valence-electron chi connectivity index (χ4n) is 2.00. The third-order valence-electron chi connectivity index (χ3n) is 3.06. The van der Waals surface area contributed by atoms with Crippen LogP contribution in [0.3, 0.4) is 0 Å². The van der Waals surface area contributed by atoms with Crippen LogP contribution in [0.15, 0.2) is 35.7 Å². The van der Waals surface area contributed by atoms with Crippen molar-refractivity contribution >= 4 is 11.3 Å². The molecule has 0 atom stereocenters. The van der Waals surface area contributed by atoms with Crippen molar-refractivity contribution in [3.63, 3.8) is 0 Å². The summed E-state index contributed by atoms with van der Waals surface area (Å²) in [5.41, 5.74) is 0.373. The molecule has 2 N–H and O–H groups in total. The minimum atomic E-state index is -0.714. The Labute approximate surface area is 135 Å². The van der Waals surface area contributed by atoms with E-state index in [0.29, 0.717) is 19.7 Å². The van der Waals surface area contributed by atoms with Gasteiger partial charge in [0.25, 0.3) is 0 Å². The second-order valence-corrected chi connectivity index (χ2v) is 6.80. The number of methoxy groups -OCH3 is 1. The van der Waals surface area contributed by atoms with Gasteiger partial charge in [0.15, 0.2) is 11.5 Å². The molecule has 0 aliphatic rings. The molecule has 4 nitrogen and oxygen atoms in total. The molecule has 1 aromatic carbocycles. The van der Waals surface area contributed by atoms with Crippen LogP contribution < -0.4 is 14.8 Å². The molecule has 0 spiro atoms. The van der Waals surface area contributed by atoms with Crippen LogP contribution in [0.25, 0.3) is 0 Å². The minimum absolute atomic E-state index is 0.534. The smallest absolute Gasteiger partial charge is 0.161 e. The van der Waals surface area contributed by atoms with Crippen molar-refractivity contribution < 1.29 is 14.6 Å². The monoisotopic (exact) mass is 321 g/mol. The van der Waals surface area contributed by atoms with Crippen LogP contribution in [0.2, 0.25) is 0 Å². The third-order valence-corrected chi connectivity index (χ3v) is 3.91. The Morgan fingerprint density at radius 2 is 2.05 bits per heavy atom. The average molecular weight is 321 g/mol. The summed E-state index contributed by atoms with van der Waals surface area (Å²) in [6.45, 7) is 5.31. The van der Waals surface area contributed by atoms with Crippen molar-refractivity contribution in [1.82, 2.24) is 5.32 Å². The molecule has 1 aromatic heterocycles. The highest BCUT2D eigenvalue weighted by Crippen LogP contribution is 2.29. The van der Waals surface area contributed by atoms with Gasteiger partial charge in [-0.1, -0.05) is 12.1 Å². The van der Waals surface area contributed by atoms with E-state index in [4.69, 9.17) is 9.47 Å². The van der Waals surface area contributed by atoms with E-state index < -0.39 is 5.60 Å². The summed E-state index contributed by atoms with van der Waals surface area (Å²) in [7, 11) is 1.64. The van der Waals surface area contributed by atoms with Gasteiger partial charge in [-0.2, -0.15) is 0 Å². The highest BCUT2D eigenvalue weighted by atomic mass is 32.1. The molecule has 0 bridgehead atoms. The van der Waals surface area contributed by atoms with E-state index in [-0.39, 0.29) is 0 Å². The van der Waals surface area contributed by atoms with E-state index in [1.54, 1.807) is 32.3 Å². The number of rotatable bonds is 8. The largest absolute Gasteiger partial charge is 0.493 e. The van der Waals surface area contributed by atoms with Crippen molar-refractivity contribution in [1.29, 1.82) is 0 Å². The topological polar surface area (TPSA) is 50.7 Å². The van der Waals surface area contributed by atoms with E-state index in [0.717, 1.165) is 17.1 Å². The van der Waals surface area contributed by atoms with E-state index >= 15 is 0 Å². The first-order valence-corrected chi connectivity index (χ1v) is 8.11. The molecule has 0 aliphatic heterocycles. The zero-order valence-corrected chi connectivity index (χ0v) is 14.1. The number of thiophene rings is 1. The molecule has 0 fully saturated rings. The summed E-state index contributed by atoms with van der Waals surface area (Å²) in [6.07, 6.45) is 0. The number of aliphatic hydroxyl groups is 1. The van der Waals surface area contributed by atoms with Crippen molar-refractivity contribution in [3.05, 3.63) is 46.2 Å². The van der Waals surface area contributed by atoms with Crippen LogP contribution in [0.4, 0.5) is 0 Å². The Hall–Kier alpha value is -1.56. The lowest BCUT2D eigenvalue weighted by atomic mass is 10.1. The van der Waals surface area contributed by atoms with E-state index in [1.807, 2.05) is 35.7 Å². The quantitative estimate of drug-likeness (QED) is 0.784. The standard InChI is InChI=1S/C17H23NO3S/c1-17(2,19)12-18-10-13-6-7-15(16(9-13)20-3)21-11-14-5-4-8-22-14/h4-9,18-19H,10-12H2,1-3H3. The first-order chi connectivity index (χ1) is 10.5. The van der Waals surface area contributed by atoms with Gasteiger partial charge in [0.05, 0.1) is 12.7 Å². The van der Waals surface area contributed by atoms with E-state index in [1.165, 1.54) is 4.88 Å². The predicted molar refractivity (Wildman–Crippen MR) is 89.6 cm³/mol. The van der Waals surface area contributed by atoms with Gasteiger partial charge in [-0.05, 0) is 43.0 Å². The number of nitrogens with one attached hydrogen (secondary N) is 1. The number of hydrogen-bond acceptors (Lipinski definition) is 5. The summed E-state index contributed by atoms with van der Waals surface area (Å²) < 4.78 is 11.2. The lowest BCUT2D eigenvalue weighted by Crippen LogP contribution is -2.34. The van der Waals surface area contributed by atoms with Gasteiger partial charge in [0, 0.05) is 18.0 Å². The van der Waals surface area contributed by atoms with Crippen LogP contribution in [0, 0.1) is 0 Å². The molecule has 2 rings (SSSR count). The summed E-state index contributed by atoms with van der Waals surface area (Å²) >= 11 is 1.67. The highest BCUT2D eigenvalue weighted by molar-refractivity contribution is 7.09. The van der Waals surface area contributed by atoms with Gasteiger partial charge >= 0.3 is 0 Å². The maximum absolute atomic E-state index is 9.69. The van der Waals surface area contributed by atoms with Gasteiger partial charge in [0.1, 0.15) is 6.61 Å². The second kappa shape index (κ2) is 7.63. The van der Waals surface area contributed by atoms with Crippen molar-refractivity contribution in [2.75, 3.05) is 13.7 Å². The molecule has 0 unspecified atom stereocenters. The zero-order chi connectivity index (χ0) is 16.0. The molecule has 2 aromatic rings. The lowest BCUT2D eigenvalue weighted by Gasteiger charge is -2.18. The van der Waals surface area contributed by atoms with Gasteiger partial charge in [0.2, 0.25) is 0 Å². The Kier molecular flexibility index (Phi) is 5.83. The summed E-state index contributed by atoms with van der Waals surface area (Å²) in [6, 6.07) is 9.95. The average Bonchev–Trinajstić information content (AvgIpc) is 2.97. The maximum Gasteiger partial charge on any atom is 0.161 e. The minimum Gasteiger partial charge on any atom is -0.493 e. The zero-order valence-electron chi connectivity index (χ0n) is 13.3. The molecular formula is C17H23NO3S. The second-order valence-electron chi connectivity index (χ2n) is 5.77. The molecule has 0 saturated carbocycles. The van der Waals surface area contributed by atoms with Gasteiger partial charge < -0.3 is 19.9 Å². The number of ether oxygens (including phenoxy) is 2.